The first-order valence-corrected chi connectivity index (χ1v) is 4.56. The van der Waals surface area contributed by atoms with Gasteiger partial charge in [0.05, 0.1) is 5.56 Å². The topological polar surface area (TPSA) is 50.7 Å². The summed E-state index contributed by atoms with van der Waals surface area (Å²) in [5.41, 5.74) is -0.600. The number of rotatable bonds is 2. The van der Waals surface area contributed by atoms with E-state index in [1.165, 1.54) is 6.21 Å². The largest absolute Gasteiger partial charge is 0.437 e. The zero-order valence-corrected chi connectivity index (χ0v) is 8.78. The van der Waals surface area contributed by atoms with Gasteiger partial charge in [-0.3, -0.25) is 10.2 Å². The summed E-state index contributed by atoms with van der Waals surface area (Å²) in [6, 6.07) is 3.97. The molecule has 1 rings (SSSR count). The summed E-state index contributed by atoms with van der Waals surface area (Å²) in [6.45, 7) is 1.55. The average Bonchev–Trinajstić information content (AvgIpc) is 2.26. The molecule has 17 heavy (non-hydrogen) atoms. The van der Waals surface area contributed by atoms with E-state index in [1.807, 2.05) is 0 Å². The van der Waals surface area contributed by atoms with Crippen LogP contribution in [0.15, 0.2) is 29.4 Å². The number of nitrogens with one attached hydrogen (secondary N) is 1. The van der Waals surface area contributed by atoms with Gasteiger partial charge in [0.2, 0.25) is 0 Å². The van der Waals surface area contributed by atoms with Crippen LogP contribution in [0.25, 0.3) is 0 Å². The molecule has 7 heteroatoms. The Bertz CT molecular complexity index is 413. The maximum atomic E-state index is 12.2. The molecule has 0 fully saturated rings. The molecule has 0 bridgehead atoms. The molecule has 0 saturated carbocycles. The van der Waals surface area contributed by atoms with Crippen LogP contribution < -0.4 is 5.32 Å². The highest BCUT2D eigenvalue weighted by molar-refractivity contribution is 5.84. The van der Waals surface area contributed by atoms with Gasteiger partial charge in [0.15, 0.2) is 0 Å². The van der Waals surface area contributed by atoms with Gasteiger partial charge in [-0.15, -0.1) is 0 Å². The van der Waals surface area contributed by atoms with Crippen LogP contribution in [0.3, 0.4) is 0 Å². The zero-order chi connectivity index (χ0) is 12.9. The van der Waals surface area contributed by atoms with E-state index in [4.69, 9.17) is 0 Å². The Kier molecular flexibility index (Phi) is 4.08. The smallest absolute Gasteiger partial charge is 0.298 e. The van der Waals surface area contributed by atoms with Crippen molar-refractivity contribution >= 4 is 18.0 Å². The molecule has 0 aliphatic rings. The summed E-state index contributed by atoms with van der Waals surface area (Å²) in [5, 5.41) is 5.42. The minimum Gasteiger partial charge on any atom is -0.298 e. The fourth-order valence-corrected chi connectivity index (χ4v) is 0.984. The third-order valence-corrected chi connectivity index (χ3v) is 1.70. The number of amides is 1. The van der Waals surface area contributed by atoms with Crippen LogP contribution in [0.1, 0.15) is 12.5 Å². The highest BCUT2D eigenvalue weighted by atomic mass is 19.4. The van der Waals surface area contributed by atoms with Crippen molar-refractivity contribution in [2.45, 2.75) is 13.1 Å². The summed E-state index contributed by atoms with van der Waals surface area (Å²) in [4.78, 5) is 15.3. The Balaban J connectivity index is 2.66. The number of anilines is 1. The highest BCUT2D eigenvalue weighted by Crippen LogP contribution is 2.29. The van der Waals surface area contributed by atoms with Gasteiger partial charge in [-0.2, -0.15) is 13.2 Å². The molecule has 1 amide bonds. The first kappa shape index (κ1) is 13.0. The number of carbonyl (C=O) groups is 1. The van der Waals surface area contributed by atoms with E-state index in [-0.39, 0.29) is 5.69 Å². The molecular formula is C10H9F3N2O2. The van der Waals surface area contributed by atoms with Gasteiger partial charge in [0, 0.05) is 11.9 Å². The van der Waals surface area contributed by atoms with E-state index in [1.54, 1.807) is 6.92 Å². The quantitative estimate of drug-likeness (QED) is 0.494. The number of alkyl halides is 3. The molecule has 0 aliphatic carbocycles. The fraction of sp³-hybridized carbons (Fsp3) is 0.200. The molecule has 1 aromatic carbocycles. The maximum Gasteiger partial charge on any atom is 0.437 e. The Morgan fingerprint density at radius 1 is 1.35 bits per heavy atom. The van der Waals surface area contributed by atoms with E-state index in [0.717, 1.165) is 24.3 Å². The molecule has 0 unspecified atom stereocenters. The predicted octanol–water partition coefficient (Wildman–Crippen LogP) is 3.26. The summed E-state index contributed by atoms with van der Waals surface area (Å²) < 4.78 is 36.7. The predicted molar refractivity (Wildman–Crippen MR) is 55.7 cm³/mol. The van der Waals surface area contributed by atoms with Gasteiger partial charge in [-0.1, -0.05) is 5.16 Å². The van der Waals surface area contributed by atoms with Crippen molar-refractivity contribution in [2.24, 2.45) is 5.16 Å². The van der Waals surface area contributed by atoms with Crippen molar-refractivity contribution in [2.75, 3.05) is 5.32 Å². The maximum absolute atomic E-state index is 12.2. The van der Waals surface area contributed by atoms with Gasteiger partial charge >= 0.3 is 12.3 Å². The summed E-state index contributed by atoms with van der Waals surface area (Å²) in [7, 11) is 0. The number of benzene rings is 1. The SMILES string of the molecule is CC=NOC(=O)Nc1ccc(C(F)(F)F)cc1. The van der Waals surface area contributed by atoms with Crippen molar-refractivity contribution in [1.29, 1.82) is 0 Å². The number of hydrogen-bond donors (Lipinski definition) is 1. The van der Waals surface area contributed by atoms with Crippen LogP contribution in [-0.2, 0) is 11.0 Å². The van der Waals surface area contributed by atoms with E-state index in [2.05, 4.69) is 15.3 Å². The molecule has 0 atom stereocenters. The van der Waals surface area contributed by atoms with Crippen molar-refractivity contribution in [3.63, 3.8) is 0 Å². The second kappa shape index (κ2) is 5.33. The summed E-state index contributed by atoms with van der Waals surface area (Å²) in [6.07, 6.45) is -4.01. The van der Waals surface area contributed by atoms with Gasteiger partial charge in [-0.05, 0) is 31.2 Å². The molecule has 1 aromatic rings. The van der Waals surface area contributed by atoms with Gasteiger partial charge in [0.1, 0.15) is 0 Å². The van der Waals surface area contributed by atoms with E-state index in [9.17, 15) is 18.0 Å². The summed E-state index contributed by atoms with van der Waals surface area (Å²) in [5.74, 6) is 0. The zero-order valence-electron chi connectivity index (χ0n) is 8.78. The molecule has 4 nitrogen and oxygen atoms in total. The lowest BCUT2D eigenvalue weighted by Crippen LogP contribution is -2.11. The van der Waals surface area contributed by atoms with Crippen LogP contribution in [-0.4, -0.2) is 12.3 Å². The Hall–Kier alpha value is -2.05. The normalized spacial score (nSPS) is 11.5. The number of nitrogens with zero attached hydrogens (tertiary/aromatic N) is 1. The Morgan fingerprint density at radius 2 is 1.94 bits per heavy atom. The lowest BCUT2D eigenvalue weighted by atomic mass is 10.2. The second-order valence-electron chi connectivity index (χ2n) is 2.94. The van der Waals surface area contributed by atoms with Crippen molar-refractivity contribution in [3.05, 3.63) is 29.8 Å². The van der Waals surface area contributed by atoms with E-state index in [0.29, 0.717) is 0 Å². The first-order chi connectivity index (χ1) is 7.93. The van der Waals surface area contributed by atoms with Crippen molar-refractivity contribution in [3.8, 4) is 0 Å². The van der Waals surface area contributed by atoms with Crippen LogP contribution in [0, 0.1) is 0 Å². The van der Waals surface area contributed by atoms with E-state index >= 15 is 0 Å². The monoisotopic (exact) mass is 246 g/mol. The molecule has 0 aliphatic heterocycles. The molecule has 92 valence electrons. The second-order valence-corrected chi connectivity index (χ2v) is 2.94. The van der Waals surface area contributed by atoms with Gasteiger partial charge in [0.25, 0.3) is 0 Å². The van der Waals surface area contributed by atoms with Gasteiger partial charge in [-0.25, -0.2) is 4.79 Å². The van der Waals surface area contributed by atoms with Crippen LogP contribution in [0.4, 0.5) is 23.7 Å². The number of halogens is 3. The average molecular weight is 246 g/mol. The summed E-state index contributed by atoms with van der Waals surface area (Å²) >= 11 is 0. The fourth-order valence-electron chi connectivity index (χ4n) is 0.984. The highest BCUT2D eigenvalue weighted by Gasteiger charge is 2.29. The lowest BCUT2D eigenvalue weighted by Gasteiger charge is -2.07. The van der Waals surface area contributed by atoms with Crippen LogP contribution in [0.5, 0.6) is 0 Å². The standard InChI is InChI=1S/C10H9F3N2O2/c1-2-14-17-9(16)15-8-5-3-7(4-6-8)10(11,12)13/h2-6H,1H3,(H,15,16). The minimum atomic E-state index is -4.40. The Morgan fingerprint density at radius 3 is 2.41 bits per heavy atom. The minimum absolute atomic E-state index is 0.189. The lowest BCUT2D eigenvalue weighted by molar-refractivity contribution is -0.137. The molecule has 0 saturated heterocycles. The molecule has 1 N–H and O–H groups in total. The van der Waals surface area contributed by atoms with Crippen LogP contribution in [0.2, 0.25) is 0 Å². The molecule has 0 spiro atoms. The van der Waals surface area contributed by atoms with Crippen molar-refractivity contribution in [1.82, 2.24) is 0 Å². The van der Waals surface area contributed by atoms with Gasteiger partial charge < -0.3 is 0 Å². The number of oxime groups is 1. The molecule has 0 radical (unpaired) electrons. The number of carbonyl (C=O) groups excluding carboxylic acids is 1. The molecule has 0 heterocycles. The molecule has 0 aromatic heterocycles. The first-order valence-electron chi connectivity index (χ1n) is 4.56. The van der Waals surface area contributed by atoms with E-state index < -0.39 is 17.8 Å². The molecular weight excluding hydrogens is 237 g/mol. The third-order valence-electron chi connectivity index (χ3n) is 1.70. The van der Waals surface area contributed by atoms with Crippen LogP contribution >= 0.6 is 0 Å². The van der Waals surface area contributed by atoms with Crippen molar-refractivity contribution < 1.29 is 22.8 Å². The number of hydrogen-bond acceptors (Lipinski definition) is 3. The Labute approximate surface area is 95.1 Å². The third kappa shape index (κ3) is 4.13.